The van der Waals surface area contributed by atoms with Crippen LogP contribution in [0.4, 0.5) is 0 Å². The van der Waals surface area contributed by atoms with E-state index >= 15 is 0 Å². The maximum absolute atomic E-state index is 6.34. The maximum Gasteiger partial charge on any atom is 0.0503 e. The highest BCUT2D eigenvalue weighted by Crippen LogP contribution is 2.33. The lowest BCUT2D eigenvalue weighted by molar-refractivity contribution is 0.203. The zero-order valence-electron chi connectivity index (χ0n) is 12.1. The van der Waals surface area contributed by atoms with Gasteiger partial charge in [-0.25, -0.2) is 0 Å². The van der Waals surface area contributed by atoms with Crippen LogP contribution in [0.1, 0.15) is 24.1 Å². The van der Waals surface area contributed by atoms with Gasteiger partial charge in [-0.15, -0.1) is 0 Å². The Balaban J connectivity index is 2.29. The van der Waals surface area contributed by atoms with Crippen LogP contribution in [0.15, 0.2) is 48.5 Å². The summed E-state index contributed by atoms with van der Waals surface area (Å²) in [6.07, 6.45) is 0. The van der Waals surface area contributed by atoms with Crippen molar-refractivity contribution < 1.29 is 0 Å². The summed E-state index contributed by atoms with van der Waals surface area (Å²) < 4.78 is 0. The molecule has 0 heterocycles. The molecule has 2 nitrogen and oxygen atoms in total. The molecule has 0 saturated heterocycles. The van der Waals surface area contributed by atoms with Crippen LogP contribution in [0, 0.1) is 0 Å². The molecule has 0 radical (unpaired) electrons. The average Bonchev–Trinajstić information content (AvgIpc) is 2.50. The van der Waals surface area contributed by atoms with E-state index in [1.165, 1.54) is 5.56 Å². The summed E-state index contributed by atoms with van der Waals surface area (Å²) in [6, 6.07) is 15.9. The molecule has 0 amide bonds. The van der Waals surface area contributed by atoms with Gasteiger partial charge >= 0.3 is 0 Å². The molecule has 2 aromatic carbocycles. The van der Waals surface area contributed by atoms with Gasteiger partial charge in [-0.2, -0.15) is 0 Å². The van der Waals surface area contributed by atoms with E-state index in [-0.39, 0.29) is 6.04 Å². The van der Waals surface area contributed by atoms with Crippen LogP contribution in [0.25, 0.3) is 0 Å². The Morgan fingerprint density at radius 3 is 2.14 bits per heavy atom. The summed E-state index contributed by atoms with van der Waals surface area (Å²) in [7, 11) is 0. The molecule has 1 unspecified atom stereocenters. The highest BCUT2D eigenvalue weighted by atomic mass is 35.5. The van der Waals surface area contributed by atoms with Gasteiger partial charge in [-0.1, -0.05) is 66.5 Å². The number of nitrogens with zero attached hydrogens (tertiary/aromatic N) is 1. The van der Waals surface area contributed by atoms with Crippen LogP contribution in [0.2, 0.25) is 10.0 Å². The predicted molar refractivity (Wildman–Crippen MR) is 90.8 cm³/mol. The molecule has 0 aliphatic heterocycles. The van der Waals surface area contributed by atoms with Gasteiger partial charge in [0.25, 0.3) is 0 Å². The van der Waals surface area contributed by atoms with E-state index in [0.29, 0.717) is 16.6 Å². The van der Waals surface area contributed by atoms with E-state index in [1.54, 1.807) is 0 Å². The minimum atomic E-state index is 0.0106. The van der Waals surface area contributed by atoms with Crippen molar-refractivity contribution in [1.29, 1.82) is 0 Å². The molecular weight excluding hydrogens is 303 g/mol. The summed E-state index contributed by atoms with van der Waals surface area (Å²) in [6.45, 7) is 4.29. The Bertz CT molecular complexity index is 552. The largest absolute Gasteiger partial charge is 0.329 e. The van der Waals surface area contributed by atoms with Gasteiger partial charge in [0, 0.05) is 28.7 Å². The molecule has 112 valence electrons. The van der Waals surface area contributed by atoms with Gasteiger partial charge in [-0.3, -0.25) is 4.90 Å². The van der Waals surface area contributed by atoms with Crippen molar-refractivity contribution in [2.24, 2.45) is 5.73 Å². The zero-order valence-corrected chi connectivity index (χ0v) is 13.6. The highest BCUT2D eigenvalue weighted by Gasteiger charge is 2.22. The van der Waals surface area contributed by atoms with Crippen molar-refractivity contribution in [1.82, 2.24) is 4.90 Å². The monoisotopic (exact) mass is 322 g/mol. The molecule has 2 rings (SSSR count). The first-order valence-corrected chi connectivity index (χ1v) is 7.85. The van der Waals surface area contributed by atoms with Gasteiger partial charge in [0.1, 0.15) is 0 Å². The number of hydrogen-bond donors (Lipinski definition) is 1. The Hall–Kier alpha value is -1.06. The summed E-state index contributed by atoms with van der Waals surface area (Å²) >= 11 is 12.7. The second kappa shape index (κ2) is 7.81. The third-order valence-electron chi connectivity index (χ3n) is 3.63. The normalized spacial score (nSPS) is 12.6. The molecule has 4 heteroatoms. The first kappa shape index (κ1) is 16.3. The van der Waals surface area contributed by atoms with E-state index in [0.717, 1.165) is 18.7 Å². The Morgan fingerprint density at radius 2 is 1.62 bits per heavy atom. The number of benzene rings is 2. The standard InChI is InChI=1S/C17H20Cl2N2/c1-2-21(12-13-7-4-3-5-8-13)16(11-20)17-14(18)9-6-10-15(17)19/h3-10,16H,2,11-12,20H2,1H3. The van der Waals surface area contributed by atoms with Crippen LogP contribution in [0.3, 0.4) is 0 Å². The fraction of sp³-hybridized carbons (Fsp3) is 0.294. The van der Waals surface area contributed by atoms with Crippen molar-refractivity contribution in [3.8, 4) is 0 Å². The number of halogens is 2. The average molecular weight is 323 g/mol. The Morgan fingerprint density at radius 1 is 1.00 bits per heavy atom. The van der Waals surface area contributed by atoms with E-state index in [1.807, 2.05) is 36.4 Å². The van der Waals surface area contributed by atoms with Crippen molar-refractivity contribution >= 4 is 23.2 Å². The third kappa shape index (κ3) is 3.98. The van der Waals surface area contributed by atoms with Crippen LogP contribution in [0.5, 0.6) is 0 Å². The van der Waals surface area contributed by atoms with E-state index < -0.39 is 0 Å². The zero-order chi connectivity index (χ0) is 15.2. The van der Waals surface area contributed by atoms with Crippen molar-refractivity contribution in [2.75, 3.05) is 13.1 Å². The molecule has 0 bridgehead atoms. The first-order valence-electron chi connectivity index (χ1n) is 7.09. The molecule has 2 N–H and O–H groups in total. The molecule has 1 atom stereocenters. The van der Waals surface area contributed by atoms with Gasteiger partial charge < -0.3 is 5.73 Å². The number of hydrogen-bond acceptors (Lipinski definition) is 2. The minimum Gasteiger partial charge on any atom is -0.329 e. The molecule has 2 aromatic rings. The SMILES string of the molecule is CCN(Cc1ccccc1)C(CN)c1c(Cl)cccc1Cl. The fourth-order valence-electron chi connectivity index (χ4n) is 2.54. The Labute approximate surface area is 136 Å². The lowest BCUT2D eigenvalue weighted by Gasteiger charge is -2.31. The fourth-order valence-corrected chi connectivity index (χ4v) is 3.19. The molecule has 21 heavy (non-hydrogen) atoms. The van der Waals surface area contributed by atoms with E-state index in [9.17, 15) is 0 Å². The number of likely N-dealkylation sites (N-methyl/N-ethyl adjacent to an activating group) is 1. The first-order chi connectivity index (χ1) is 10.2. The highest BCUT2D eigenvalue weighted by molar-refractivity contribution is 6.36. The summed E-state index contributed by atoms with van der Waals surface area (Å²) in [5, 5.41) is 1.34. The molecule has 0 aliphatic carbocycles. The van der Waals surface area contributed by atoms with E-state index in [4.69, 9.17) is 28.9 Å². The minimum absolute atomic E-state index is 0.0106. The molecular formula is C17H20Cl2N2. The van der Waals surface area contributed by atoms with Crippen molar-refractivity contribution in [3.63, 3.8) is 0 Å². The lowest BCUT2D eigenvalue weighted by Crippen LogP contribution is -2.33. The van der Waals surface area contributed by atoms with Gasteiger partial charge in [-0.05, 0) is 24.2 Å². The second-order valence-corrected chi connectivity index (χ2v) is 5.75. The number of rotatable bonds is 6. The summed E-state index contributed by atoms with van der Waals surface area (Å²) in [5.74, 6) is 0. The number of nitrogens with two attached hydrogens (primary N) is 1. The quantitative estimate of drug-likeness (QED) is 0.847. The van der Waals surface area contributed by atoms with Crippen LogP contribution >= 0.6 is 23.2 Å². The van der Waals surface area contributed by atoms with Crippen LogP contribution in [-0.4, -0.2) is 18.0 Å². The molecule has 0 aromatic heterocycles. The molecule has 0 spiro atoms. The van der Waals surface area contributed by atoms with Gasteiger partial charge in [0.2, 0.25) is 0 Å². The second-order valence-electron chi connectivity index (χ2n) is 4.94. The van der Waals surface area contributed by atoms with Crippen LogP contribution < -0.4 is 5.73 Å². The van der Waals surface area contributed by atoms with Crippen molar-refractivity contribution in [2.45, 2.75) is 19.5 Å². The molecule has 0 aliphatic rings. The summed E-state index contributed by atoms with van der Waals surface area (Å²) in [4.78, 5) is 2.29. The lowest BCUT2D eigenvalue weighted by atomic mass is 10.0. The topological polar surface area (TPSA) is 29.3 Å². The van der Waals surface area contributed by atoms with Gasteiger partial charge in [0.15, 0.2) is 0 Å². The molecule has 0 saturated carbocycles. The predicted octanol–water partition coefficient (Wildman–Crippen LogP) is 4.52. The van der Waals surface area contributed by atoms with Gasteiger partial charge in [0.05, 0.1) is 6.04 Å². The molecule has 0 fully saturated rings. The maximum atomic E-state index is 6.34. The Kier molecular flexibility index (Phi) is 6.07. The smallest absolute Gasteiger partial charge is 0.0503 e. The summed E-state index contributed by atoms with van der Waals surface area (Å²) in [5.41, 5.74) is 8.18. The third-order valence-corrected chi connectivity index (χ3v) is 4.29. The van der Waals surface area contributed by atoms with Crippen molar-refractivity contribution in [3.05, 3.63) is 69.7 Å². The van der Waals surface area contributed by atoms with E-state index in [2.05, 4.69) is 24.0 Å². The van der Waals surface area contributed by atoms with Crippen LogP contribution in [-0.2, 0) is 6.54 Å².